The van der Waals surface area contributed by atoms with Gasteiger partial charge in [-0.25, -0.2) is 4.39 Å². The monoisotopic (exact) mass is 333 g/mol. The zero-order chi connectivity index (χ0) is 16.8. The second-order valence-corrected chi connectivity index (χ2v) is 5.92. The summed E-state index contributed by atoms with van der Waals surface area (Å²) in [5.41, 5.74) is -2.18. The Labute approximate surface area is 129 Å². The zero-order valence-electron chi connectivity index (χ0n) is 12.1. The molecule has 1 amide bonds. The first-order valence-electron chi connectivity index (χ1n) is 7.23. The minimum atomic E-state index is -4.71. The molecule has 1 fully saturated rings. The fourth-order valence-corrected chi connectivity index (χ4v) is 2.94. The molecule has 1 aromatic rings. The van der Waals surface area contributed by atoms with E-state index in [2.05, 4.69) is 0 Å². The first-order chi connectivity index (χ1) is 10.7. The molecule has 0 radical (unpaired) electrons. The largest absolute Gasteiger partial charge is 0.480 e. The summed E-state index contributed by atoms with van der Waals surface area (Å²) >= 11 is 0. The number of nitrogens with zero attached hydrogens (tertiary/aromatic N) is 1. The van der Waals surface area contributed by atoms with Gasteiger partial charge in [0.1, 0.15) is 11.6 Å². The molecule has 0 bridgehead atoms. The first kappa shape index (κ1) is 16.0. The maximum absolute atomic E-state index is 13.2. The van der Waals surface area contributed by atoms with Gasteiger partial charge in [-0.2, -0.15) is 13.2 Å². The number of piperidine rings is 1. The third-order valence-electron chi connectivity index (χ3n) is 4.40. The summed E-state index contributed by atoms with van der Waals surface area (Å²) in [6.07, 6.45) is -6.50. The van der Waals surface area contributed by atoms with Crippen LogP contribution in [0.2, 0.25) is 0 Å². The van der Waals surface area contributed by atoms with E-state index in [-0.39, 0.29) is 19.5 Å². The summed E-state index contributed by atoms with van der Waals surface area (Å²) in [6.45, 7) is -0.390. The average molecular weight is 333 g/mol. The van der Waals surface area contributed by atoms with E-state index in [1.807, 2.05) is 0 Å². The van der Waals surface area contributed by atoms with Crippen molar-refractivity contribution in [2.75, 3.05) is 13.1 Å². The van der Waals surface area contributed by atoms with Crippen molar-refractivity contribution in [3.05, 3.63) is 29.6 Å². The van der Waals surface area contributed by atoms with E-state index in [0.29, 0.717) is 11.3 Å². The molecule has 1 saturated heterocycles. The number of hydrogen-bond donors (Lipinski definition) is 1. The van der Waals surface area contributed by atoms with Gasteiger partial charge in [0.15, 0.2) is 11.7 Å². The Morgan fingerprint density at radius 2 is 1.96 bits per heavy atom. The fourth-order valence-electron chi connectivity index (χ4n) is 2.94. The molecular formula is C15H15F4NO3. The molecule has 126 valence electrons. The van der Waals surface area contributed by atoms with Crippen molar-refractivity contribution >= 4 is 5.91 Å². The molecule has 4 nitrogen and oxygen atoms in total. The molecule has 3 rings (SSSR count). The highest BCUT2D eigenvalue weighted by Gasteiger charge is 2.55. The Balaban J connectivity index is 1.63. The highest BCUT2D eigenvalue weighted by atomic mass is 19.4. The second-order valence-electron chi connectivity index (χ2n) is 5.92. The van der Waals surface area contributed by atoms with Crippen molar-refractivity contribution in [3.8, 4) is 5.75 Å². The number of halogens is 4. The van der Waals surface area contributed by atoms with Gasteiger partial charge in [-0.05, 0) is 18.2 Å². The number of ether oxygens (including phenoxy) is 1. The Morgan fingerprint density at radius 3 is 2.57 bits per heavy atom. The molecule has 0 saturated carbocycles. The quantitative estimate of drug-likeness (QED) is 0.800. The normalized spacial score (nSPS) is 23.3. The van der Waals surface area contributed by atoms with Crippen molar-refractivity contribution in [3.63, 3.8) is 0 Å². The second kappa shape index (κ2) is 5.36. The predicted molar refractivity (Wildman–Crippen MR) is 71.3 cm³/mol. The number of aliphatic hydroxyl groups is 1. The number of carbonyl (C=O) groups is 1. The van der Waals surface area contributed by atoms with Crippen LogP contribution in [-0.4, -0.2) is 46.9 Å². The molecule has 1 atom stereocenters. The molecule has 0 spiro atoms. The molecule has 2 heterocycles. The van der Waals surface area contributed by atoms with Gasteiger partial charge < -0.3 is 14.7 Å². The van der Waals surface area contributed by atoms with Crippen molar-refractivity contribution in [2.45, 2.75) is 37.1 Å². The topological polar surface area (TPSA) is 49.8 Å². The van der Waals surface area contributed by atoms with Crippen LogP contribution in [0.25, 0.3) is 0 Å². The Bertz CT molecular complexity index is 624. The minimum Gasteiger partial charge on any atom is -0.480 e. The predicted octanol–water partition coefficient (Wildman–Crippen LogP) is 2.04. The molecule has 1 aromatic carbocycles. The van der Waals surface area contributed by atoms with Crippen LogP contribution in [0, 0.1) is 5.82 Å². The molecular weight excluding hydrogens is 318 g/mol. The first-order valence-corrected chi connectivity index (χ1v) is 7.23. The summed E-state index contributed by atoms with van der Waals surface area (Å²) in [5, 5.41) is 9.61. The average Bonchev–Trinajstić information content (AvgIpc) is 2.89. The van der Waals surface area contributed by atoms with Crippen LogP contribution in [0.5, 0.6) is 5.75 Å². The molecule has 8 heteroatoms. The van der Waals surface area contributed by atoms with Crippen LogP contribution in [0.1, 0.15) is 18.4 Å². The van der Waals surface area contributed by atoms with Crippen molar-refractivity contribution in [1.82, 2.24) is 4.90 Å². The minimum absolute atomic E-state index is 0.186. The Morgan fingerprint density at radius 1 is 1.30 bits per heavy atom. The number of alkyl halides is 3. The molecule has 1 N–H and O–H groups in total. The Hall–Kier alpha value is -1.83. The van der Waals surface area contributed by atoms with E-state index in [1.165, 1.54) is 23.1 Å². The summed E-state index contributed by atoms with van der Waals surface area (Å²) in [4.78, 5) is 13.6. The van der Waals surface area contributed by atoms with Gasteiger partial charge in [-0.15, -0.1) is 0 Å². The van der Waals surface area contributed by atoms with Gasteiger partial charge in [0.2, 0.25) is 0 Å². The van der Waals surface area contributed by atoms with Gasteiger partial charge in [0.05, 0.1) is 0 Å². The maximum Gasteiger partial charge on any atom is 0.417 e. The van der Waals surface area contributed by atoms with Gasteiger partial charge in [-0.1, -0.05) is 0 Å². The lowest BCUT2D eigenvalue weighted by Gasteiger charge is -2.39. The van der Waals surface area contributed by atoms with Crippen LogP contribution >= 0.6 is 0 Å². The fraction of sp³-hybridized carbons (Fsp3) is 0.533. The number of likely N-dealkylation sites (tertiary alicyclic amines) is 1. The number of fused-ring (bicyclic) bond motifs is 1. The molecule has 1 unspecified atom stereocenters. The lowest BCUT2D eigenvalue weighted by Crippen LogP contribution is -2.56. The van der Waals surface area contributed by atoms with Crippen LogP contribution < -0.4 is 4.74 Å². The number of amides is 1. The number of rotatable bonds is 1. The van der Waals surface area contributed by atoms with Gasteiger partial charge in [0, 0.05) is 37.9 Å². The molecule has 0 aromatic heterocycles. The molecule has 23 heavy (non-hydrogen) atoms. The van der Waals surface area contributed by atoms with Crippen LogP contribution in [0.4, 0.5) is 17.6 Å². The molecule has 0 aliphatic carbocycles. The number of carbonyl (C=O) groups excluding carboxylic acids is 1. The number of hydrogen-bond acceptors (Lipinski definition) is 3. The summed E-state index contributed by atoms with van der Waals surface area (Å²) in [7, 11) is 0. The van der Waals surface area contributed by atoms with Crippen molar-refractivity contribution in [2.24, 2.45) is 0 Å². The summed E-state index contributed by atoms with van der Waals surface area (Å²) in [5.74, 6) is -0.465. The summed E-state index contributed by atoms with van der Waals surface area (Å²) < 4.78 is 56.9. The SMILES string of the molecule is O=C(C1Cc2cc(F)ccc2O1)N1CCC(O)(C(F)(F)F)CC1. The van der Waals surface area contributed by atoms with Crippen molar-refractivity contribution in [1.29, 1.82) is 0 Å². The van der Waals surface area contributed by atoms with E-state index in [9.17, 15) is 27.5 Å². The van der Waals surface area contributed by atoms with Crippen LogP contribution in [0.15, 0.2) is 18.2 Å². The van der Waals surface area contributed by atoms with Crippen molar-refractivity contribution < 1.29 is 32.2 Å². The van der Waals surface area contributed by atoms with E-state index in [1.54, 1.807) is 0 Å². The standard InChI is InChI=1S/C15H15F4NO3/c16-10-1-2-11-9(7-10)8-12(23-11)13(21)20-5-3-14(22,4-6-20)15(17,18)19/h1-2,7,12,22H,3-6,8H2. The third kappa shape index (κ3) is 2.87. The highest BCUT2D eigenvalue weighted by Crippen LogP contribution is 2.39. The Kier molecular flexibility index (Phi) is 3.74. The lowest BCUT2D eigenvalue weighted by molar-refractivity contribution is -0.272. The zero-order valence-corrected chi connectivity index (χ0v) is 12.1. The highest BCUT2D eigenvalue weighted by molar-refractivity contribution is 5.82. The van der Waals surface area contributed by atoms with Gasteiger partial charge in [0.25, 0.3) is 5.91 Å². The van der Waals surface area contributed by atoms with Gasteiger partial charge >= 0.3 is 6.18 Å². The smallest absolute Gasteiger partial charge is 0.417 e. The third-order valence-corrected chi connectivity index (χ3v) is 4.40. The van der Waals surface area contributed by atoms with E-state index >= 15 is 0 Å². The van der Waals surface area contributed by atoms with E-state index in [0.717, 1.165) is 0 Å². The summed E-state index contributed by atoms with van der Waals surface area (Å²) in [6, 6.07) is 3.92. The number of benzene rings is 1. The van der Waals surface area contributed by atoms with E-state index < -0.39 is 42.4 Å². The van der Waals surface area contributed by atoms with E-state index in [4.69, 9.17) is 4.74 Å². The van der Waals surface area contributed by atoms with Crippen LogP contribution in [0.3, 0.4) is 0 Å². The maximum atomic E-state index is 13.2. The molecule has 2 aliphatic rings. The van der Waals surface area contributed by atoms with Crippen LogP contribution in [-0.2, 0) is 11.2 Å². The lowest BCUT2D eigenvalue weighted by atomic mass is 9.90. The molecule has 2 aliphatic heterocycles. The van der Waals surface area contributed by atoms with Gasteiger partial charge in [-0.3, -0.25) is 4.79 Å².